The van der Waals surface area contributed by atoms with Gasteiger partial charge in [0, 0.05) is 6.21 Å². The van der Waals surface area contributed by atoms with Gasteiger partial charge in [0.05, 0.1) is 0 Å². The molecular weight excluding hydrogens is 100 g/mol. The minimum Gasteiger partial charge on any atom is -0.324 e. The van der Waals surface area contributed by atoms with Crippen LogP contribution in [0, 0.1) is 11.8 Å². The van der Waals surface area contributed by atoms with Crippen molar-refractivity contribution in [1.82, 2.24) is 0 Å². The molecule has 0 unspecified atom stereocenters. The summed E-state index contributed by atoms with van der Waals surface area (Å²) in [4.78, 5) is 0. The van der Waals surface area contributed by atoms with E-state index in [1.807, 2.05) is 0 Å². The Hall–Kier alpha value is -0.530. The Labute approximate surface area is 50.8 Å². The average molecular weight is 114 g/mol. The quantitative estimate of drug-likeness (QED) is 0.327. The topological polar surface area (TPSA) is 38.4 Å². The molecule has 0 heterocycles. The van der Waals surface area contributed by atoms with Gasteiger partial charge in [0.15, 0.2) is 0 Å². The molecule has 1 atom stereocenters. The summed E-state index contributed by atoms with van der Waals surface area (Å²) in [6.45, 7) is 6.39. The van der Waals surface area contributed by atoms with Crippen molar-refractivity contribution in [2.75, 3.05) is 0 Å². The lowest BCUT2D eigenvalue weighted by Gasteiger charge is -2.06. The van der Waals surface area contributed by atoms with Crippen LogP contribution in [0.4, 0.5) is 0 Å². The number of rotatable bonds is 2. The second kappa shape index (κ2) is 3.47. The fraction of sp³-hybridized carbons (Fsp3) is 0.833. The van der Waals surface area contributed by atoms with Crippen LogP contribution in [0.25, 0.3) is 0 Å². The van der Waals surface area contributed by atoms with Gasteiger partial charge in [-0.05, 0) is 11.8 Å². The summed E-state index contributed by atoms with van der Waals surface area (Å²) in [6, 6.07) is 0. The molecule has 0 aliphatic heterocycles. The molecular formula is C6H14N2. The molecule has 0 bridgehead atoms. The summed E-state index contributed by atoms with van der Waals surface area (Å²) in [6.07, 6.45) is 1.77. The minimum atomic E-state index is 0.500. The molecule has 0 amide bonds. The van der Waals surface area contributed by atoms with Crippen molar-refractivity contribution < 1.29 is 0 Å². The predicted octanol–water partition coefficient (Wildman–Crippen LogP) is 1.22. The van der Waals surface area contributed by atoms with Gasteiger partial charge in [0.25, 0.3) is 0 Å². The van der Waals surface area contributed by atoms with E-state index in [0.29, 0.717) is 11.8 Å². The summed E-state index contributed by atoms with van der Waals surface area (Å²) >= 11 is 0. The van der Waals surface area contributed by atoms with Crippen molar-refractivity contribution in [2.45, 2.75) is 20.8 Å². The number of hydrogen-bond acceptors (Lipinski definition) is 2. The van der Waals surface area contributed by atoms with Gasteiger partial charge in [0.1, 0.15) is 0 Å². The largest absolute Gasteiger partial charge is 0.324 e. The van der Waals surface area contributed by atoms with Gasteiger partial charge in [-0.2, -0.15) is 5.10 Å². The number of nitrogens with two attached hydrogens (primary N) is 1. The highest BCUT2D eigenvalue weighted by Gasteiger charge is 2.01. The summed E-state index contributed by atoms with van der Waals surface area (Å²) in [5, 5.41) is 3.43. The van der Waals surface area contributed by atoms with Crippen LogP contribution in [0.2, 0.25) is 0 Å². The molecule has 0 aromatic rings. The Bertz CT molecular complexity index is 76.6. The zero-order valence-corrected chi connectivity index (χ0v) is 5.76. The molecule has 0 saturated heterocycles. The van der Waals surface area contributed by atoms with Crippen LogP contribution < -0.4 is 5.84 Å². The molecule has 48 valence electrons. The second-order valence-electron chi connectivity index (χ2n) is 2.40. The molecule has 2 nitrogen and oxygen atoms in total. The minimum absolute atomic E-state index is 0.500. The lowest BCUT2D eigenvalue weighted by Crippen LogP contribution is -2.05. The Morgan fingerprint density at radius 1 is 1.38 bits per heavy atom. The van der Waals surface area contributed by atoms with E-state index in [-0.39, 0.29) is 0 Å². The van der Waals surface area contributed by atoms with Crippen LogP contribution in [0.5, 0.6) is 0 Å². The lowest BCUT2D eigenvalue weighted by molar-refractivity contribution is 0.539. The fourth-order valence-electron chi connectivity index (χ4n) is 0.308. The van der Waals surface area contributed by atoms with Crippen molar-refractivity contribution in [3.63, 3.8) is 0 Å². The molecule has 2 heteroatoms. The SMILES string of the molecule is CC(C)[C@@H](C)/C=N/N. The van der Waals surface area contributed by atoms with E-state index in [1.54, 1.807) is 6.21 Å². The third kappa shape index (κ3) is 2.61. The van der Waals surface area contributed by atoms with E-state index >= 15 is 0 Å². The van der Waals surface area contributed by atoms with Crippen molar-refractivity contribution >= 4 is 6.21 Å². The molecule has 0 aromatic heterocycles. The van der Waals surface area contributed by atoms with E-state index in [2.05, 4.69) is 25.9 Å². The molecule has 0 fully saturated rings. The van der Waals surface area contributed by atoms with Gasteiger partial charge in [-0.1, -0.05) is 20.8 Å². The maximum Gasteiger partial charge on any atom is 0.0271 e. The first kappa shape index (κ1) is 7.47. The van der Waals surface area contributed by atoms with Crippen LogP contribution in [-0.2, 0) is 0 Å². The summed E-state index contributed by atoms with van der Waals surface area (Å²) in [5.74, 6) is 6.08. The van der Waals surface area contributed by atoms with Gasteiger partial charge in [-0.3, -0.25) is 0 Å². The van der Waals surface area contributed by atoms with E-state index in [0.717, 1.165) is 0 Å². The molecule has 0 aliphatic carbocycles. The molecule has 0 saturated carbocycles. The highest BCUT2D eigenvalue weighted by molar-refractivity contribution is 5.59. The van der Waals surface area contributed by atoms with Crippen molar-refractivity contribution in [3.05, 3.63) is 0 Å². The highest BCUT2D eigenvalue weighted by atomic mass is 15.1. The molecule has 0 spiro atoms. The van der Waals surface area contributed by atoms with Crippen LogP contribution in [0.3, 0.4) is 0 Å². The Morgan fingerprint density at radius 2 is 1.88 bits per heavy atom. The third-order valence-electron chi connectivity index (χ3n) is 1.37. The smallest absolute Gasteiger partial charge is 0.0271 e. The van der Waals surface area contributed by atoms with Crippen LogP contribution in [-0.4, -0.2) is 6.21 Å². The van der Waals surface area contributed by atoms with Gasteiger partial charge in [0.2, 0.25) is 0 Å². The Balaban J connectivity index is 3.47. The predicted molar refractivity (Wildman–Crippen MR) is 36.7 cm³/mol. The van der Waals surface area contributed by atoms with Crippen molar-refractivity contribution in [3.8, 4) is 0 Å². The lowest BCUT2D eigenvalue weighted by atomic mass is 10.0. The first-order chi connectivity index (χ1) is 3.68. The third-order valence-corrected chi connectivity index (χ3v) is 1.37. The van der Waals surface area contributed by atoms with Gasteiger partial charge in [-0.25, -0.2) is 0 Å². The Morgan fingerprint density at radius 3 is 2.00 bits per heavy atom. The maximum absolute atomic E-state index is 4.94. The van der Waals surface area contributed by atoms with Crippen LogP contribution >= 0.6 is 0 Å². The molecule has 0 aromatic carbocycles. The van der Waals surface area contributed by atoms with Crippen LogP contribution in [0.15, 0.2) is 5.10 Å². The first-order valence-electron chi connectivity index (χ1n) is 2.92. The summed E-state index contributed by atoms with van der Waals surface area (Å²) in [7, 11) is 0. The van der Waals surface area contributed by atoms with Crippen molar-refractivity contribution in [1.29, 1.82) is 0 Å². The van der Waals surface area contributed by atoms with Gasteiger partial charge < -0.3 is 5.84 Å². The normalized spacial score (nSPS) is 15.5. The average Bonchev–Trinajstić information content (AvgIpc) is 1.67. The monoisotopic (exact) mass is 114 g/mol. The van der Waals surface area contributed by atoms with Crippen molar-refractivity contribution in [2.24, 2.45) is 22.8 Å². The number of nitrogens with zero attached hydrogens (tertiary/aromatic N) is 1. The highest BCUT2D eigenvalue weighted by Crippen LogP contribution is 2.04. The molecule has 0 radical (unpaired) electrons. The second-order valence-corrected chi connectivity index (χ2v) is 2.40. The number of hydrazone groups is 1. The molecule has 0 aliphatic rings. The van der Waals surface area contributed by atoms with E-state index in [9.17, 15) is 0 Å². The van der Waals surface area contributed by atoms with E-state index < -0.39 is 0 Å². The summed E-state index contributed by atoms with van der Waals surface area (Å²) in [5.41, 5.74) is 0. The molecule has 0 rings (SSSR count). The standard InChI is InChI=1S/C6H14N2/c1-5(2)6(3)4-8-7/h4-6H,7H2,1-3H3/b8-4+/t6-/m0/s1. The molecule has 8 heavy (non-hydrogen) atoms. The zero-order chi connectivity index (χ0) is 6.57. The first-order valence-corrected chi connectivity index (χ1v) is 2.92. The van der Waals surface area contributed by atoms with Crippen LogP contribution in [0.1, 0.15) is 20.8 Å². The maximum atomic E-state index is 4.94. The van der Waals surface area contributed by atoms with E-state index in [4.69, 9.17) is 5.84 Å². The zero-order valence-electron chi connectivity index (χ0n) is 5.76. The fourth-order valence-corrected chi connectivity index (χ4v) is 0.308. The summed E-state index contributed by atoms with van der Waals surface area (Å²) < 4.78 is 0. The van der Waals surface area contributed by atoms with Gasteiger partial charge >= 0.3 is 0 Å². The molecule has 2 N–H and O–H groups in total. The number of hydrogen-bond donors (Lipinski definition) is 1. The Kier molecular flexibility index (Phi) is 3.24. The van der Waals surface area contributed by atoms with Gasteiger partial charge in [-0.15, -0.1) is 0 Å². The van der Waals surface area contributed by atoms with E-state index in [1.165, 1.54) is 0 Å².